The van der Waals surface area contributed by atoms with Crippen LogP contribution >= 0.6 is 11.5 Å². The third-order valence-corrected chi connectivity index (χ3v) is 4.81. The van der Waals surface area contributed by atoms with Crippen LogP contribution in [0.2, 0.25) is 0 Å². The van der Waals surface area contributed by atoms with Crippen molar-refractivity contribution in [2.75, 3.05) is 0 Å². The van der Waals surface area contributed by atoms with Crippen molar-refractivity contribution in [3.63, 3.8) is 0 Å². The molecule has 1 aromatic carbocycles. The summed E-state index contributed by atoms with van der Waals surface area (Å²) in [5, 5.41) is 5.83. The topological polar surface area (TPSA) is 89.6 Å². The molecule has 3 heterocycles. The minimum absolute atomic E-state index is 0.0669. The third kappa shape index (κ3) is 2.26. The van der Waals surface area contributed by atoms with Crippen LogP contribution in [0, 0.1) is 5.92 Å². The van der Waals surface area contributed by atoms with Crippen molar-refractivity contribution >= 4 is 22.6 Å². The lowest BCUT2D eigenvalue weighted by Crippen LogP contribution is -2.17. The first-order valence-corrected chi connectivity index (χ1v) is 8.59. The van der Waals surface area contributed by atoms with Crippen LogP contribution < -0.4 is 5.69 Å². The highest BCUT2D eigenvalue weighted by molar-refractivity contribution is 7.03. The van der Waals surface area contributed by atoms with Gasteiger partial charge in [-0.05, 0) is 54.6 Å². The normalized spacial score (nSPS) is 14.5. The average Bonchev–Trinajstić information content (AvgIpc) is 3.01. The Hall–Kier alpha value is -2.74. The summed E-state index contributed by atoms with van der Waals surface area (Å²) in [4.78, 5) is 19.5. The van der Waals surface area contributed by atoms with Crippen molar-refractivity contribution in [1.29, 1.82) is 0 Å². The largest absolute Gasteiger partial charge is 0.334 e. The van der Waals surface area contributed by atoms with Gasteiger partial charge in [-0.3, -0.25) is 4.57 Å². The summed E-state index contributed by atoms with van der Waals surface area (Å²) in [6.45, 7) is 0.784. The molecule has 1 saturated carbocycles. The van der Waals surface area contributed by atoms with E-state index in [1.807, 2.05) is 34.2 Å². The van der Waals surface area contributed by atoms with Crippen LogP contribution in [-0.2, 0) is 6.54 Å². The Morgan fingerprint density at radius 3 is 3.04 bits per heavy atom. The van der Waals surface area contributed by atoms with Gasteiger partial charge in [0.05, 0.1) is 11.0 Å². The molecule has 24 heavy (non-hydrogen) atoms. The monoisotopic (exact) mass is 339 g/mol. The van der Waals surface area contributed by atoms with Crippen molar-refractivity contribution in [3.8, 4) is 23.0 Å². The van der Waals surface area contributed by atoms with Crippen molar-refractivity contribution in [2.45, 2.75) is 19.4 Å². The molecule has 120 valence electrons. The Balaban J connectivity index is 1.54. The molecule has 0 saturated heterocycles. The van der Waals surface area contributed by atoms with Gasteiger partial charge in [-0.25, -0.2) is 4.79 Å². The SMILES string of the molecule is O=c1[nH]c2cc(-c3nc(-c4ccsn4)no3)ccc2n1CC1CC1. The number of nitrogens with one attached hydrogen (secondary N) is 1. The van der Waals surface area contributed by atoms with Gasteiger partial charge in [0.25, 0.3) is 5.89 Å². The summed E-state index contributed by atoms with van der Waals surface area (Å²) in [6, 6.07) is 7.55. The predicted octanol–water partition coefficient (Wildman–Crippen LogP) is 2.91. The number of rotatable bonds is 4. The Morgan fingerprint density at radius 2 is 2.25 bits per heavy atom. The van der Waals surface area contributed by atoms with E-state index in [2.05, 4.69) is 19.5 Å². The maximum Gasteiger partial charge on any atom is 0.326 e. The van der Waals surface area contributed by atoms with E-state index in [0.29, 0.717) is 23.3 Å². The van der Waals surface area contributed by atoms with E-state index in [0.717, 1.165) is 23.1 Å². The van der Waals surface area contributed by atoms with Gasteiger partial charge in [0.15, 0.2) is 0 Å². The average molecular weight is 339 g/mol. The molecule has 0 radical (unpaired) electrons. The lowest BCUT2D eigenvalue weighted by molar-refractivity contribution is 0.432. The minimum atomic E-state index is -0.0669. The molecule has 0 spiro atoms. The van der Waals surface area contributed by atoms with E-state index >= 15 is 0 Å². The summed E-state index contributed by atoms with van der Waals surface area (Å²) >= 11 is 1.34. The number of hydrogen-bond donors (Lipinski definition) is 1. The van der Waals surface area contributed by atoms with Gasteiger partial charge < -0.3 is 9.51 Å². The van der Waals surface area contributed by atoms with E-state index in [-0.39, 0.29) is 5.69 Å². The zero-order chi connectivity index (χ0) is 16.1. The van der Waals surface area contributed by atoms with E-state index in [4.69, 9.17) is 4.52 Å². The molecule has 8 heteroatoms. The molecule has 1 N–H and O–H groups in total. The zero-order valence-electron chi connectivity index (χ0n) is 12.6. The van der Waals surface area contributed by atoms with Gasteiger partial charge >= 0.3 is 5.69 Å². The second-order valence-electron chi connectivity index (χ2n) is 6.02. The van der Waals surface area contributed by atoms with Crippen LogP contribution in [0.25, 0.3) is 34.0 Å². The van der Waals surface area contributed by atoms with Crippen molar-refractivity contribution in [1.82, 2.24) is 24.1 Å². The molecule has 3 aromatic heterocycles. The number of hydrogen-bond acceptors (Lipinski definition) is 6. The van der Waals surface area contributed by atoms with Gasteiger partial charge in [0, 0.05) is 17.5 Å². The number of fused-ring (bicyclic) bond motifs is 1. The zero-order valence-corrected chi connectivity index (χ0v) is 13.4. The van der Waals surface area contributed by atoms with Gasteiger partial charge in [-0.15, -0.1) is 0 Å². The first-order valence-electron chi connectivity index (χ1n) is 7.75. The number of nitrogens with zero attached hydrogens (tertiary/aromatic N) is 4. The molecule has 0 amide bonds. The highest BCUT2D eigenvalue weighted by atomic mass is 32.1. The molecule has 0 unspecified atom stereocenters. The Labute approximate surface area is 140 Å². The van der Waals surface area contributed by atoms with E-state index < -0.39 is 0 Å². The van der Waals surface area contributed by atoms with Crippen LogP contribution in [0.1, 0.15) is 12.8 Å². The lowest BCUT2D eigenvalue weighted by Gasteiger charge is -2.01. The van der Waals surface area contributed by atoms with Gasteiger partial charge in [0.1, 0.15) is 5.69 Å². The standard InChI is InChI=1S/C16H13N5O2S/c22-16-17-12-7-10(3-4-13(12)21(16)8-9-1-2-9)15-18-14(19-23-15)11-5-6-24-20-11/h3-7,9H,1-2,8H2,(H,17,22). The van der Waals surface area contributed by atoms with Crippen LogP contribution in [0.4, 0.5) is 0 Å². The highest BCUT2D eigenvalue weighted by Crippen LogP contribution is 2.31. The van der Waals surface area contributed by atoms with Crippen LogP contribution in [-0.4, -0.2) is 24.1 Å². The first-order chi connectivity index (χ1) is 11.8. The Bertz CT molecular complexity index is 1070. The molecule has 0 aliphatic heterocycles. The molecular formula is C16H13N5O2S. The fourth-order valence-electron chi connectivity index (χ4n) is 2.81. The molecule has 0 bridgehead atoms. The highest BCUT2D eigenvalue weighted by Gasteiger charge is 2.23. The minimum Gasteiger partial charge on any atom is -0.334 e. The maximum atomic E-state index is 12.2. The van der Waals surface area contributed by atoms with E-state index in [1.165, 1.54) is 24.4 Å². The Morgan fingerprint density at radius 1 is 1.33 bits per heavy atom. The third-order valence-electron chi connectivity index (χ3n) is 4.25. The number of aromatic amines is 1. The molecule has 5 rings (SSSR count). The van der Waals surface area contributed by atoms with Gasteiger partial charge in [-0.1, -0.05) is 5.16 Å². The van der Waals surface area contributed by atoms with Crippen LogP contribution in [0.3, 0.4) is 0 Å². The van der Waals surface area contributed by atoms with Crippen molar-refractivity contribution in [3.05, 3.63) is 40.1 Å². The lowest BCUT2D eigenvalue weighted by atomic mass is 10.2. The molecule has 4 aromatic rings. The molecule has 1 fully saturated rings. The second kappa shape index (κ2) is 5.13. The quantitative estimate of drug-likeness (QED) is 0.617. The fraction of sp³-hybridized carbons (Fsp3) is 0.250. The number of benzene rings is 1. The van der Waals surface area contributed by atoms with E-state index in [1.54, 1.807) is 0 Å². The Kier molecular flexibility index (Phi) is 2.93. The number of aromatic nitrogens is 5. The smallest absolute Gasteiger partial charge is 0.326 e. The number of imidazole rings is 1. The van der Waals surface area contributed by atoms with Crippen molar-refractivity contribution in [2.24, 2.45) is 5.92 Å². The van der Waals surface area contributed by atoms with Crippen LogP contribution in [0.15, 0.2) is 39.0 Å². The fourth-order valence-corrected chi connectivity index (χ4v) is 3.32. The summed E-state index contributed by atoms with van der Waals surface area (Å²) in [6.07, 6.45) is 2.41. The number of H-pyrrole nitrogens is 1. The van der Waals surface area contributed by atoms with Gasteiger partial charge in [-0.2, -0.15) is 9.36 Å². The molecule has 7 nitrogen and oxygen atoms in total. The van der Waals surface area contributed by atoms with Gasteiger partial charge in [0.2, 0.25) is 5.82 Å². The van der Waals surface area contributed by atoms with Crippen LogP contribution in [0.5, 0.6) is 0 Å². The summed E-state index contributed by atoms with van der Waals surface area (Å²) in [5.41, 5.74) is 3.10. The molecule has 1 aliphatic carbocycles. The molecular weight excluding hydrogens is 326 g/mol. The first kappa shape index (κ1) is 13.7. The summed E-state index contributed by atoms with van der Waals surface area (Å²) in [5.74, 6) is 1.51. The molecule has 1 aliphatic rings. The summed E-state index contributed by atoms with van der Waals surface area (Å²) in [7, 11) is 0. The summed E-state index contributed by atoms with van der Waals surface area (Å²) < 4.78 is 11.3. The molecule has 0 atom stereocenters. The van der Waals surface area contributed by atoms with E-state index in [9.17, 15) is 4.79 Å². The second-order valence-corrected chi connectivity index (χ2v) is 6.69. The van der Waals surface area contributed by atoms with Crippen molar-refractivity contribution < 1.29 is 4.52 Å². The maximum absolute atomic E-state index is 12.2. The predicted molar refractivity (Wildman–Crippen MR) is 89.7 cm³/mol.